The second-order valence-electron chi connectivity index (χ2n) is 7.99. The Hall–Kier alpha value is -4.65. The third-order valence-electron chi connectivity index (χ3n) is 6.08. The van der Waals surface area contributed by atoms with Gasteiger partial charge in [-0.2, -0.15) is 0 Å². The molecule has 0 radical (unpaired) electrons. The zero-order valence-corrected chi connectivity index (χ0v) is 19.2. The number of carbonyl (C=O) groups excluding carboxylic acids is 3. The number of carbonyl (C=O) groups is 3. The van der Waals surface area contributed by atoms with Gasteiger partial charge in [0.15, 0.2) is 5.57 Å². The summed E-state index contributed by atoms with van der Waals surface area (Å²) in [4.78, 5) is 43.1. The molecule has 1 unspecified atom stereocenters. The second kappa shape index (κ2) is 8.95. The SMILES string of the molecule is COC(=O)C1=C(C(=O)OC)N(c2ccccc2)C2/C(=C/c3ccccc3)c3ccccc3N2C1=O. The molecule has 0 aromatic heterocycles. The molecule has 0 fully saturated rings. The lowest BCUT2D eigenvalue weighted by Gasteiger charge is -2.42. The molecule has 0 N–H and O–H groups in total. The molecular formula is C28H22N2O5. The van der Waals surface area contributed by atoms with E-state index < -0.39 is 24.0 Å². The number of hydrogen-bond donors (Lipinski definition) is 0. The molecule has 2 aliphatic heterocycles. The van der Waals surface area contributed by atoms with Crippen molar-refractivity contribution in [1.82, 2.24) is 0 Å². The normalized spacial score (nSPS) is 17.8. The number of methoxy groups -OCH3 is 2. The van der Waals surface area contributed by atoms with Crippen molar-refractivity contribution in [1.29, 1.82) is 0 Å². The molecule has 0 saturated heterocycles. The van der Waals surface area contributed by atoms with Crippen molar-refractivity contribution in [2.75, 3.05) is 24.0 Å². The highest BCUT2D eigenvalue weighted by molar-refractivity contribution is 6.30. The van der Waals surface area contributed by atoms with Crippen LogP contribution >= 0.6 is 0 Å². The maximum atomic E-state index is 13.9. The Bertz CT molecular complexity index is 1380. The van der Waals surface area contributed by atoms with E-state index in [1.54, 1.807) is 4.90 Å². The number of nitrogens with zero attached hydrogens (tertiary/aromatic N) is 2. The zero-order chi connectivity index (χ0) is 24.5. The van der Waals surface area contributed by atoms with Gasteiger partial charge in [-0.05, 0) is 29.8 Å². The van der Waals surface area contributed by atoms with Crippen molar-refractivity contribution in [2.24, 2.45) is 0 Å². The first-order valence-corrected chi connectivity index (χ1v) is 11.0. The van der Waals surface area contributed by atoms with Gasteiger partial charge in [0, 0.05) is 16.8 Å². The van der Waals surface area contributed by atoms with E-state index in [0.29, 0.717) is 11.4 Å². The van der Waals surface area contributed by atoms with Crippen LogP contribution in [-0.4, -0.2) is 38.2 Å². The Balaban J connectivity index is 1.85. The smallest absolute Gasteiger partial charge is 0.355 e. The average molecular weight is 466 g/mol. The number of para-hydroxylation sites is 2. The van der Waals surface area contributed by atoms with Gasteiger partial charge in [-0.1, -0.05) is 66.7 Å². The van der Waals surface area contributed by atoms with Gasteiger partial charge >= 0.3 is 11.9 Å². The minimum atomic E-state index is -0.909. The lowest BCUT2D eigenvalue weighted by molar-refractivity contribution is -0.141. The van der Waals surface area contributed by atoms with Crippen LogP contribution < -0.4 is 9.80 Å². The van der Waals surface area contributed by atoms with Crippen molar-refractivity contribution in [3.63, 3.8) is 0 Å². The monoisotopic (exact) mass is 466 g/mol. The molecule has 7 heteroatoms. The van der Waals surface area contributed by atoms with Gasteiger partial charge in [-0.15, -0.1) is 0 Å². The van der Waals surface area contributed by atoms with E-state index in [2.05, 4.69) is 0 Å². The standard InChI is InChI=1S/C28H22N2O5/c1-34-27(32)23-24(28(33)35-2)29(19-13-7-4-8-14-19)25-21(17-18-11-5-3-6-12-18)20-15-9-10-16-22(20)30(25)26(23)31/h3-17,25H,1-2H3/b21-17+. The van der Waals surface area contributed by atoms with Crippen LogP contribution in [0.25, 0.3) is 11.6 Å². The molecule has 3 aromatic rings. The van der Waals surface area contributed by atoms with Crippen LogP contribution in [0.5, 0.6) is 0 Å². The maximum Gasteiger partial charge on any atom is 0.355 e. The topological polar surface area (TPSA) is 76.2 Å². The number of ether oxygens (including phenoxy) is 2. The molecular weight excluding hydrogens is 444 g/mol. The summed E-state index contributed by atoms with van der Waals surface area (Å²) in [6.45, 7) is 0. The van der Waals surface area contributed by atoms with Gasteiger partial charge in [0.1, 0.15) is 11.9 Å². The van der Waals surface area contributed by atoms with Gasteiger partial charge in [0.25, 0.3) is 5.91 Å². The Morgan fingerprint density at radius 2 is 1.37 bits per heavy atom. The fourth-order valence-corrected chi connectivity index (χ4v) is 4.60. The van der Waals surface area contributed by atoms with Crippen LogP contribution in [-0.2, 0) is 23.9 Å². The number of esters is 2. The lowest BCUT2D eigenvalue weighted by Crippen LogP contribution is -2.56. The number of anilines is 2. The largest absolute Gasteiger partial charge is 0.465 e. The molecule has 0 bridgehead atoms. The fourth-order valence-electron chi connectivity index (χ4n) is 4.60. The van der Waals surface area contributed by atoms with E-state index in [1.165, 1.54) is 19.1 Å². The van der Waals surface area contributed by atoms with E-state index in [0.717, 1.165) is 16.7 Å². The number of benzene rings is 3. The average Bonchev–Trinajstić information content (AvgIpc) is 3.23. The van der Waals surface area contributed by atoms with E-state index in [1.807, 2.05) is 91.0 Å². The highest BCUT2D eigenvalue weighted by atomic mass is 16.5. The highest BCUT2D eigenvalue weighted by Gasteiger charge is 2.51. The first kappa shape index (κ1) is 22.2. The van der Waals surface area contributed by atoms with E-state index in [-0.39, 0.29) is 11.3 Å². The minimum Gasteiger partial charge on any atom is -0.465 e. The van der Waals surface area contributed by atoms with Crippen LogP contribution in [0, 0.1) is 0 Å². The molecule has 174 valence electrons. The first-order valence-electron chi connectivity index (χ1n) is 11.0. The van der Waals surface area contributed by atoms with Crippen molar-refractivity contribution in [3.8, 4) is 0 Å². The molecule has 1 atom stereocenters. The van der Waals surface area contributed by atoms with Crippen molar-refractivity contribution >= 4 is 40.9 Å². The Labute approximate surface area is 202 Å². The van der Waals surface area contributed by atoms with Crippen LogP contribution in [0.15, 0.2) is 96.2 Å². The minimum absolute atomic E-state index is 0.163. The van der Waals surface area contributed by atoms with E-state index in [9.17, 15) is 14.4 Å². The van der Waals surface area contributed by atoms with Gasteiger partial charge in [-0.25, -0.2) is 9.59 Å². The van der Waals surface area contributed by atoms with E-state index >= 15 is 0 Å². The number of amides is 1. The van der Waals surface area contributed by atoms with Crippen LogP contribution in [0.3, 0.4) is 0 Å². The Morgan fingerprint density at radius 3 is 2.03 bits per heavy atom. The lowest BCUT2D eigenvalue weighted by atomic mass is 9.99. The quantitative estimate of drug-likeness (QED) is 0.427. The van der Waals surface area contributed by atoms with Crippen LogP contribution in [0.4, 0.5) is 11.4 Å². The second-order valence-corrected chi connectivity index (χ2v) is 7.99. The molecule has 0 spiro atoms. The van der Waals surface area contributed by atoms with Crippen molar-refractivity contribution in [3.05, 3.63) is 107 Å². The van der Waals surface area contributed by atoms with Gasteiger partial charge in [0.05, 0.1) is 19.9 Å². The molecule has 0 saturated carbocycles. The Morgan fingerprint density at radius 1 is 0.771 bits per heavy atom. The third kappa shape index (κ3) is 3.58. The summed E-state index contributed by atoms with van der Waals surface area (Å²) in [5, 5.41) is 0. The molecule has 7 nitrogen and oxygen atoms in total. The van der Waals surface area contributed by atoms with Gasteiger partial charge < -0.3 is 14.4 Å². The maximum absolute atomic E-state index is 13.9. The summed E-state index contributed by atoms with van der Waals surface area (Å²) in [5.41, 5.74) is 3.26. The fraction of sp³-hybridized carbons (Fsp3) is 0.107. The van der Waals surface area contributed by atoms with Crippen LogP contribution in [0.2, 0.25) is 0 Å². The molecule has 3 aromatic carbocycles. The molecule has 2 aliphatic rings. The molecule has 5 rings (SSSR count). The van der Waals surface area contributed by atoms with E-state index in [4.69, 9.17) is 9.47 Å². The third-order valence-corrected chi connectivity index (χ3v) is 6.08. The Kier molecular flexibility index (Phi) is 5.66. The number of rotatable bonds is 4. The zero-order valence-electron chi connectivity index (χ0n) is 19.2. The molecule has 35 heavy (non-hydrogen) atoms. The van der Waals surface area contributed by atoms with Gasteiger partial charge in [0.2, 0.25) is 0 Å². The highest BCUT2D eigenvalue weighted by Crippen LogP contribution is 2.48. The molecule has 2 heterocycles. The van der Waals surface area contributed by atoms with Gasteiger partial charge in [-0.3, -0.25) is 9.69 Å². The summed E-state index contributed by atoms with van der Waals surface area (Å²) in [7, 11) is 2.39. The molecule has 0 aliphatic carbocycles. The summed E-state index contributed by atoms with van der Waals surface area (Å²) in [5.74, 6) is -2.34. The number of fused-ring (bicyclic) bond motifs is 3. The van der Waals surface area contributed by atoms with Crippen molar-refractivity contribution in [2.45, 2.75) is 6.17 Å². The van der Waals surface area contributed by atoms with Crippen molar-refractivity contribution < 1.29 is 23.9 Å². The summed E-state index contributed by atoms with van der Waals surface area (Å²) < 4.78 is 9.99. The summed E-state index contributed by atoms with van der Waals surface area (Å²) in [6, 6.07) is 26.3. The molecule has 1 amide bonds. The summed E-state index contributed by atoms with van der Waals surface area (Å²) in [6.07, 6.45) is 1.26. The predicted molar refractivity (Wildman–Crippen MR) is 132 cm³/mol. The predicted octanol–water partition coefficient (Wildman–Crippen LogP) is 4.02. The summed E-state index contributed by atoms with van der Waals surface area (Å²) >= 11 is 0. The number of hydrogen-bond acceptors (Lipinski definition) is 6. The first-order chi connectivity index (χ1) is 17.1. The van der Waals surface area contributed by atoms with Crippen LogP contribution in [0.1, 0.15) is 11.1 Å².